The van der Waals surface area contributed by atoms with E-state index in [4.69, 9.17) is 27.1 Å². The lowest BCUT2D eigenvalue weighted by atomic mass is 10.1. The summed E-state index contributed by atoms with van der Waals surface area (Å²) in [6.45, 7) is -0.808. The Kier molecular flexibility index (Phi) is 13.4. The third kappa shape index (κ3) is 11.8. The SMILES string of the molecule is NC(=O)Nc1cc(N=Nc2cc3c(S(=O)(=O)O)cc(SOO)cc3cc2S(=O)O)ccc1Nc1nc(Cl)nc(Nc2ccc(S(=O)(=O)CCOS(=O)(=O)O)cc2)n1. The van der Waals surface area contributed by atoms with E-state index >= 15 is 0 Å². The van der Waals surface area contributed by atoms with Gasteiger partial charge in [-0.3, -0.25) is 9.11 Å². The molecule has 0 aliphatic carbocycles. The summed E-state index contributed by atoms with van der Waals surface area (Å²) < 4.78 is 119. The van der Waals surface area contributed by atoms with Crippen molar-refractivity contribution in [2.75, 3.05) is 28.3 Å². The summed E-state index contributed by atoms with van der Waals surface area (Å²) in [6, 6.07) is 12.7. The van der Waals surface area contributed by atoms with Gasteiger partial charge in [0.25, 0.3) is 10.1 Å². The van der Waals surface area contributed by atoms with E-state index in [1.54, 1.807) is 0 Å². The molecule has 1 unspecified atom stereocenters. The van der Waals surface area contributed by atoms with Gasteiger partial charge in [0, 0.05) is 16.0 Å². The smallest absolute Gasteiger partial charge is 0.351 e. The first-order valence-electron chi connectivity index (χ1n) is 14.9. The molecule has 0 bridgehead atoms. The van der Waals surface area contributed by atoms with Crippen molar-refractivity contribution < 1.29 is 61.7 Å². The van der Waals surface area contributed by atoms with Crippen LogP contribution >= 0.6 is 23.6 Å². The summed E-state index contributed by atoms with van der Waals surface area (Å²) in [6.07, 6.45) is 0. The van der Waals surface area contributed by atoms with Gasteiger partial charge in [0.1, 0.15) is 10.6 Å². The fourth-order valence-electron chi connectivity index (χ4n) is 4.72. The van der Waals surface area contributed by atoms with Gasteiger partial charge in [0.05, 0.1) is 51.3 Å². The van der Waals surface area contributed by atoms with Gasteiger partial charge in [0.2, 0.25) is 17.2 Å². The van der Waals surface area contributed by atoms with E-state index in [9.17, 15) is 43.4 Å². The number of fused-ring (bicyclic) bond motifs is 1. The zero-order chi connectivity index (χ0) is 41.7. The first kappa shape index (κ1) is 43.1. The molecule has 29 heteroatoms. The molecule has 302 valence electrons. The number of urea groups is 1. The van der Waals surface area contributed by atoms with E-state index < -0.39 is 64.7 Å². The second kappa shape index (κ2) is 17.7. The molecule has 2 amide bonds. The lowest BCUT2D eigenvalue weighted by Gasteiger charge is -2.13. The Morgan fingerprint density at radius 2 is 1.58 bits per heavy atom. The monoisotopic (exact) mass is 905 g/mol. The van der Waals surface area contributed by atoms with Crippen LogP contribution in [0.4, 0.5) is 45.1 Å². The predicted molar refractivity (Wildman–Crippen MR) is 204 cm³/mol. The predicted octanol–water partition coefficient (Wildman–Crippen LogP) is 4.99. The van der Waals surface area contributed by atoms with Gasteiger partial charge in [0.15, 0.2) is 20.9 Å². The lowest BCUT2D eigenvalue weighted by Crippen LogP contribution is -2.20. The van der Waals surface area contributed by atoms with Crippen molar-refractivity contribution in [1.82, 2.24) is 15.0 Å². The molecule has 4 aromatic carbocycles. The van der Waals surface area contributed by atoms with E-state index in [0.717, 1.165) is 18.2 Å². The number of sulfone groups is 1. The average molecular weight is 906 g/mol. The molecule has 1 heterocycles. The van der Waals surface area contributed by atoms with Crippen LogP contribution < -0.4 is 21.7 Å². The molecule has 0 fully saturated rings. The Morgan fingerprint density at radius 1 is 0.895 bits per heavy atom. The number of hydrogen-bond acceptors (Lipinski definition) is 19. The molecule has 0 spiro atoms. The Hall–Kier alpha value is -4.98. The van der Waals surface area contributed by atoms with Crippen LogP contribution in [-0.4, -0.2) is 81.7 Å². The van der Waals surface area contributed by atoms with Gasteiger partial charge in [-0.2, -0.15) is 41.2 Å². The maximum Gasteiger partial charge on any atom is 0.397 e. The number of aromatic nitrogens is 3. The Bertz CT molecular complexity index is 2760. The van der Waals surface area contributed by atoms with Crippen LogP contribution in [0, 0.1) is 0 Å². The van der Waals surface area contributed by atoms with Crippen LogP contribution in [0.1, 0.15) is 0 Å². The third-order valence-electron chi connectivity index (χ3n) is 7.01. The first-order chi connectivity index (χ1) is 26.7. The number of amides is 2. The van der Waals surface area contributed by atoms with E-state index in [2.05, 4.69) is 49.6 Å². The number of hydrogen-bond donors (Lipinski definition) is 8. The summed E-state index contributed by atoms with van der Waals surface area (Å²) in [5.74, 6) is -1.02. The zero-order valence-electron chi connectivity index (χ0n) is 27.9. The van der Waals surface area contributed by atoms with Gasteiger partial charge in [-0.1, -0.05) is 0 Å². The van der Waals surface area contributed by atoms with Crippen LogP contribution in [0.25, 0.3) is 10.8 Å². The van der Waals surface area contributed by atoms with E-state index in [1.165, 1.54) is 48.5 Å². The summed E-state index contributed by atoms with van der Waals surface area (Å²) in [5.41, 5.74) is 5.54. The van der Waals surface area contributed by atoms with Crippen molar-refractivity contribution in [3.05, 3.63) is 72.0 Å². The molecule has 9 N–H and O–H groups in total. The molecule has 1 aromatic heterocycles. The molecule has 0 radical (unpaired) electrons. The summed E-state index contributed by atoms with van der Waals surface area (Å²) in [4.78, 5) is 23.0. The van der Waals surface area contributed by atoms with Crippen LogP contribution in [0.3, 0.4) is 0 Å². The molecule has 5 rings (SSSR count). The molecular formula is C28H24ClN9O14S5. The number of nitrogens with two attached hydrogens (primary N) is 1. The van der Waals surface area contributed by atoms with E-state index in [0.29, 0.717) is 12.0 Å². The number of benzene rings is 4. The number of carbonyl (C=O) groups is 1. The first-order valence-corrected chi connectivity index (χ1v) is 21.6. The molecule has 57 heavy (non-hydrogen) atoms. The topological polar surface area (TPSA) is 361 Å². The summed E-state index contributed by atoms with van der Waals surface area (Å²) in [5, 5.41) is 24.5. The number of rotatable bonds is 16. The number of primary amides is 1. The number of anilines is 5. The van der Waals surface area contributed by atoms with Crippen LogP contribution in [0.5, 0.6) is 0 Å². The highest BCUT2D eigenvalue weighted by Gasteiger charge is 2.21. The standard InChI is InChI=1S/C28H24ClN9O14S5/c29-25-34-27(31-15-1-4-18(5-2-15)55(43,44)8-7-51-57(48,49)50)36-28(35-25)33-20-6-3-16(11-21(20)32-26(30)39)37-38-22-13-19-14(10-23(22)54(41)42)9-17(53-52-40)12-24(19)56(45,46)47/h1-6,9-13,40H,7-8H2,(H,41,42)(H3,30,32,39)(H,45,46,47)(H,48,49,50)(H2,31,33,34,35,36). The Labute approximate surface area is 333 Å². The maximum atomic E-state index is 12.5. The highest BCUT2D eigenvalue weighted by Crippen LogP contribution is 2.37. The highest BCUT2D eigenvalue weighted by atomic mass is 35.5. The third-order valence-corrected chi connectivity index (χ3v) is 11.4. The minimum absolute atomic E-state index is 0.00181. The van der Waals surface area contributed by atoms with Crippen molar-refractivity contribution in [1.29, 1.82) is 0 Å². The fraction of sp³-hybridized carbons (Fsp3) is 0.0714. The minimum Gasteiger partial charge on any atom is -0.351 e. The fourth-order valence-corrected chi connectivity index (χ4v) is 8.10. The molecule has 0 aliphatic rings. The molecule has 0 saturated carbocycles. The van der Waals surface area contributed by atoms with Crippen LogP contribution in [0.15, 0.2) is 96.5 Å². The molecular weight excluding hydrogens is 882 g/mol. The van der Waals surface area contributed by atoms with E-state index in [-0.39, 0.29) is 71.1 Å². The summed E-state index contributed by atoms with van der Waals surface area (Å²) in [7, 11) is -13.7. The lowest BCUT2D eigenvalue weighted by molar-refractivity contribution is -0.116. The highest BCUT2D eigenvalue weighted by molar-refractivity contribution is 7.94. The van der Waals surface area contributed by atoms with Crippen molar-refractivity contribution in [3.63, 3.8) is 0 Å². The Balaban J connectivity index is 1.40. The number of azo groups is 1. The van der Waals surface area contributed by atoms with Gasteiger partial charge in [-0.15, -0.1) is 5.11 Å². The average Bonchev–Trinajstić information content (AvgIpc) is 3.10. The normalized spacial score (nSPS) is 12.8. The van der Waals surface area contributed by atoms with Crippen molar-refractivity contribution in [2.24, 2.45) is 16.0 Å². The quantitative estimate of drug-likeness (QED) is 0.0161. The van der Waals surface area contributed by atoms with Crippen molar-refractivity contribution >= 4 is 122 Å². The van der Waals surface area contributed by atoms with Gasteiger partial charge < -0.3 is 26.2 Å². The second-order valence-electron chi connectivity index (χ2n) is 10.9. The van der Waals surface area contributed by atoms with E-state index in [1.807, 2.05) is 0 Å². The summed E-state index contributed by atoms with van der Waals surface area (Å²) >= 11 is 3.79. The maximum absolute atomic E-state index is 12.5. The number of halogens is 1. The molecule has 5 aromatic rings. The number of nitrogens with zero attached hydrogens (tertiary/aromatic N) is 5. The molecule has 0 aliphatic heterocycles. The van der Waals surface area contributed by atoms with Crippen molar-refractivity contribution in [2.45, 2.75) is 19.6 Å². The molecule has 0 saturated heterocycles. The van der Waals surface area contributed by atoms with Gasteiger partial charge in [-0.25, -0.2) is 26.9 Å². The van der Waals surface area contributed by atoms with Gasteiger partial charge >= 0.3 is 16.4 Å². The van der Waals surface area contributed by atoms with Gasteiger partial charge in [-0.05, 0) is 83.7 Å². The largest absolute Gasteiger partial charge is 0.397 e. The van der Waals surface area contributed by atoms with Crippen LogP contribution in [-0.2, 0) is 50.0 Å². The Morgan fingerprint density at radius 3 is 2.19 bits per heavy atom. The second-order valence-corrected chi connectivity index (χ2v) is 17.5. The zero-order valence-corrected chi connectivity index (χ0v) is 32.7. The van der Waals surface area contributed by atoms with Crippen molar-refractivity contribution in [3.8, 4) is 0 Å². The number of nitrogens with one attached hydrogen (secondary N) is 3. The molecule has 23 nitrogen and oxygen atoms in total. The minimum atomic E-state index is -4.86. The van der Waals surface area contributed by atoms with Crippen LogP contribution in [0.2, 0.25) is 5.28 Å². The number of carbonyl (C=O) groups excluding carboxylic acids is 1. The molecule has 1 atom stereocenters.